The van der Waals surface area contributed by atoms with E-state index in [-0.39, 0.29) is 12.5 Å². The molecule has 6 nitrogen and oxygen atoms in total. The number of H-pyrrole nitrogens is 1. The molecule has 0 aliphatic carbocycles. The third-order valence-corrected chi connectivity index (χ3v) is 4.25. The molecule has 3 heterocycles. The number of hydrogen-bond acceptors (Lipinski definition) is 4. The van der Waals surface area contributed by atoms with Crippen molar-refractivity contribution in [2.45, 2.75) is 19.8 Å². The quantitative estimate of drug-likeness (QED) is 0.914. The van der Waals surface area contributed by atoms with E-state index in [1.54, 1.807) is 13.3 Å². The van der Waals surface area contributed by atoms with Gasteiger partial charge in [-0.25, -0.2) is 0 Å². The summed E-state index contributed by atoms with van der Waals surface area (Å²) in [5.41, 5.74) is 4.01. The highest BCUT2D eigenvalue weighted by Gasteiger charge is 2.27. The molecule has 0 radical (unpaired) electrons. The predicted octanol–water partition coefficient (Wildman–Crippen LogP) is 1.82. The Balaban J connectivity index is 1.71. The largest absolute Gasteiger partial charge is 0.375 e. The molecule has 1 saturated heterocycles. The van der Waals surface area contributed by atoms with Gasteiger partial charge in [0.1, 0.15) is 12.3 Å². The minimum absolute atomic E-state index is 0.0735. The molecule has 2 aromatic rings. The molecular formula is C17H22N4O2. The highest BCUT2D eigenvalue weighted by Crippen LogP contribution is 2.26. The molecule has 0 spiro atoms. The van der Waals surface area contributed by atoms with E-state index in [1.165, 1.54) is 5.56 Å². The number of aryl methyl sites for hydroxylation is 1. The Kier molecular flexibility index (Phi) is 4.71. The maximum absolute atomic E-state index is 11.9. The van der Waals surface area contributed by atoms with Crippen molar-refractivity contribution in [2.75, 3.05) is 26.8 Å². The van der Waals surface area contributed by atoms with Crippen molar-refractivity contribution < 1.29 is 9.53 Å². The molecule has 6 heteroatoms. The van der Waals surface area contributed by atoms with E-state index in [9.17, 15) is 4.79 Å². The summed E-state index contributed by atoms with van der Waals surface area (Å²) in [6.07, 6.45) is 3.72. The summed E-state index contributed by atoms with van der Waals surface area (Å²) in [5, 5.41) is 7.29. The number of pyridine rings is 1. The zero-order valence-corrected chi connectivity index (χ0v) is 13.6. The van der Waals surface area contributed by atoms with Crippen LogP contribution in [0.25, 0.3) is 11.4 Å². The minimum Gasteiger partial charge on any atom is -0.375 e. The normalized spacial score (nSPS) is 17.7. The smallest absolute Gasteiger partial charge is 0.248 e. The monoisotopic (exact) mass is 314 g/mol. The second-order valence-corrected chi connectivity index (χ2v) is 6.08. The molecular weight excluding hydrogens is 292 g/mol. The average molecular weight is 314 g/mol. The number of nitrogens with one attached hydrogen (secondary N) is 1. The lowest BCUT2D eigenvalue weighted by Crippen LogP contribution is -2.31. The van der Waals surface area contributed by atoms with E-state index >= 15 is 0 Å². The molecule has 23 heavy (non-hydrogen) atoms. The number of ether oxygens (including phenoxy) is 1. The number of hydrogen-bond donors (Lipinski definition) is 1. The zero-order chi connectivity index (χ0) is 16.2. The first kappa shape index (κ1) is 15.7. The number of likely N-dealkylation sites (tertiary alicyclic amines) is 1. The van der Waals surface area contributed by atoms with Crippen LogP contribution in [0.1, 0.15) is 17.7 Å². The van der Waals surface area contributed by atoms with E-state index in [0.29, 0.717) is 5.92 Å². The van der Waals surface area contributed by atoms with E-state index in [4.69, 9.17) is 4.74 Å². The number of rotatable bonds is 5. The van der Waals surface area contributed by atoms with Crippen LogP contribution in [0, 0.1) is 12.8 Å². The van der Waals surface area contributed by atoms with Gasteiger partial charge in [0.2, 0.25) is 5.91 Å². The van der Waals surface area contributed by atoms with Crippen LogP contribution < -0.4 is 0 Å². The van der Waals surface area contributed by atoms with Crippen LogP contribution in [0.4, 0.5) is 0 Å². The number of methoxy groups -OCH3 is 1. The van der Waals surface area contributed by atoms with Crippen LogP contribution in [0.2, 0.25) is 0 Å². The average Bonchev–Trinajstić information content (AvgIpc) is 3.17. The highest BCUT2D eigenvalue weighted by atomic mass is 16.5. The third-order valence-electron chi connectivity index (χ3n) is 4.25. The summed E-state index contributed by atoms with van der Waals surface area (Å²) in [6.45, 7) is 3.74. The van der Waals surface area contributed by atoms with Gasteiger partial charge in [0, 0.05) is 32.1 Å². The van der Waals surface area contributed by atoms with Crippen LogP contribution in [0.3, 0.4) is 0 Å². The number of carbonyl (C=O) groups excluding carboxylic acids is 1. The van der Waals surface area contributed by atoms with Gasteiger partial charge in [0.05, 0.1) is 5.69 Å². The topological polar surface area (TPSA) is 71.1 Å². The Bertz CT molecular complexity index is 683. The van der Waals surface area contributed by atoms with Gasteiger partial charge in [-0.15, -0.1) is 0 Å². The van der Waals surface area contributed by atoms with E-state index in [2.05, 4.69) is 21.2 Å². The Labute approximate surface area is 135 Å². The zero-order valence-electron chi connectivity index (χ0n) is 13.6. The second-order valence-electron chi connectivity index (χ2n) is 6.08. The molecule has 2 aromatic heterocycles. The fourth-order valence-corrected chi connectivity index (χ4v) is 3.12. The second kappa shape index (κ2) is 6.91. The van der Waals surface area contributed by atoms with Crippen molar-refractivity contribution in [1.29, 1.82) is 0 Å². The standard InChI is InChI=1S/C17H22N4O2/c1-12-8-15(20-19-12)17-14(4-3-6-18-17)9-13-5-7-21(10-13)16(22)11-23-2/h3-4,6,8,13H,5,7,9-11H2,1-2H3,(H,19,20)/t13-/m0/s1. The molecule has 1 atom stereocenters. The maximum Gasteiger partial charge on any atom is 0.248 e. The van der Waals surface area contributed by atoms with Gasteiger partial charge in [0.15, 0.2) is 0 Å². The lowest BCUT2D eigenvalue weighted by atomic mass is 9.96. The molecule has 1 fully saturated rings. The summed E-state index contributed by atoms with van der Waals surface area (Å²) in [7, 11) is 1.55. The van der Waals surface area contributed by atoms with Crippen molar-refractivity contribution in [3.8, 4) is 11.4 Å². The molecule has 122 valence electrons. The Morgan fingerprint density at radius 2 is 2.39 bits per heavy atom. The first-order valence-electron chi connectivity index (χ1n) is 7.90. The minimum atomic E-state index is 0.0735. The highest BCUT2D eigenvalue weighted by molar-refractivity contribution is 5.77. The fraction of sp³-hybridized carbons (Fsp3) is 0.471. The predicted molar refractivity (Wildman–Crippen MR) is 86.8 cm³/mol. The van der Waals surface area contributed by atoms with Crippen molar-refractivity contribution in [2.24, 2.45) is 5.92 Å². The summed E-state index contributed by atoms with van der Waals surface area (Å²) >= 11 is 0. The van der Waals surface area contributed by atoms with Gasteiger partial charge < -0.3 is 9.64 Å². The molecule has 1 N–H and O–H groups in total. The summed E-state index contributed by atoms with van der Waals surface area (Å²) in [6, 6.07) is 6.07. The van der Waals surface area contributed by atoms with Crippen LogP contribution in [0.15, 0.2) is 24.4 Å². The van der Waals surface area contributed by atoms with E-state index in [0.717, 1.165) is 43.0 Å². The SMILES string of the molecule is COCC(=O)N1CC[C@@H](Cc2cccnc2-c2cc(C)[nH]n2)C1. The fourth-order valence-electron chi connectivity index (χ4n) is 3.12. The molecule has 0 aromatic carbocycles. The van der Waals surface area contributed by atoms with E-state index in [1.807, 2.05) is 24.0 Å². The van der Waals surface area contributed by atoms with Gasteiger partial charge in [-0.1, -0.05) is 6.07 Å². The first-order chi connectivity index (χ1) is 11.2. The van der Waals surface area contributed by atoms with Crippen molar-refractivity contribution in [3.05, 3.63) is 35.7 Å². The van der Waals surface area contributed by atoms with Gasteiger partial charge in [-0.05, 0) is 43.4 Å². The number of nitrogens with zero attached hydrogens (tertiary/aromatic N) is 3. The summed E-state index contributed by atoms with van der Waals surface area (Å²) < 4.78 is 4.94. The van der Waals surface area contributed by atoms with Gasteiger partial charge in [-0.3, -0.25) is 14.9 Å². The lowest BCUT2D eigenvalue weighted by Gasteiger charge is -2.16. The van der Waals surface area contributed by atoms with E-state index < -0.39 is 0 Å². The van der Waals surface area contributed by atoms with Crippen LogP contribution in [0.5, 0.6) is 0 Å². The maximum atomic E-state index is 11.9. The first-order valence-corrected chi connectivity index (χ1v) is 7.90. The molecule has 1 aliphatic rings. The third kappa shape index (κ3) is 3.59. The Morgan fingerprint density at radius 3 is 3.13 bits per heavy atom. The molecule has 0 bridgehead atoms. The van der Waals surface area contributed by atoms with Crippen molar-refractivity contribution >= 4 is 5.91 Å². The molecule has 0 saturated carbocycles. The molecule has 0 unspecified atom stereocenters. The van der Waals surface area contributed by atoms with Crippen LogP contribution >= 0.6 is 0 Å². The number of amides is 1. The molecule has 1 aliphatic heterocycles. The van der Waals surface area contributed by atoms with Crippen molar-refractivity contribution in [3.63, 3.8) is 0 Å². The van der Waals surface area contributed by atoms with Gasteiger partial charge in [-0.2, -0.15) is 5.10 Å². The van der Waals surface area contributed by atoms with Crippen LogP contribution in [-0.4, -0.2) is 52.8 Å². The van der Waals surface area contributed by atoms with Gasteiger partial charge in [0.25, 0.3) is 0 Å². The Morgan fingerprint density at radius 1 is 1.52 bits per heavy atom. The lowest BCUT2D eigenvalue weighted by molar-refractivity contribution is -0.134. The number of aromatic amines is 1. The summed E-state index contributed by atoms with van der Waals surface area (Å²) in [4.78, 5) is 18.3. The number of aromatic nitrogens is 3. The Hall–Kier alpha value is -2.21. The summed E-state index contributed by atoms with van der Waals surface area (Å²) in [5.74, 6) is 0.531. The molecule has 3 rings (SSSR count). The van der Waals surface area contributed by atoms with Gasteiger partial charge >= 0.3 is 0 Å². The molecule has 1 amide bonds. The van der Waals surface area contributed by atoms with Crippen LogP contribution in [-0.2, 0) is 16.0 Å². The number of carbonyl (C=O) groups is 1. The van der Waals surface area contributed by atoms with Crippen molar-refractivity contribution in [1.82, 2.24) is 20.1 Å².